The van der Waals surface area contributed by atoms with Gasteiger partial charge in [-0.2, -0.15) is 13.2 Å². The Morgan fingerprint density at radius 2 is 2.00 bits per heavy atom. The number of hydrogen-bond donors (Lipinski definition) is 1. The molecule has 16 heavy (non-hydrogen) atoms. The molecule has 1 saturated carbocycles. The average Bonchev–Trinajstić information content (AvgIpc) is 2.14. The summed E-state index contributed by atoms with van der Waals surface area (Å²) in [5, 5.41) is 10.2. The van der Waals surface area contributed by atoms with Gasteiger partial charge in [-0.1, -0.05) is 20.3 Å². The van der Waals surface area contributed by atoms with E-state index in [4.69, 9.17) is 0 Å². The Morgan fingerprint density at radius 3 is 2.50 bits per heavy atom. The Labute approximate surface area is 95.0 Å². The first-order chi connectivity index (χ1) is 7.22. The highest BCUT2D eigenvalue weighted by molar-refractivity contribution is 4.87. The van der Waals surface area contributed by atoms with Gasteiger partial charge in [0.1, 0.15) is 0 Å². The Kier molecular flexibility index (Phi) is 4.27. The van der Waals surface area contributed by atoms with Crippen LogP contribution in [0, 0.1) is 11.8 Å². The van der Waals surface area contributed by atoms with Crippen molar-refractivity contribution in [1.29, 1.82) is 0 Å². The van der Waals surface area contributed by atoms with Crippen molar-refractivity contribution in [2.24, 2.45) is 11.8 Å². The summed E-state index contributed by atoms with van der Waals surface area (Å²) in [4.78, 5) is 0. The third kappa shape index (κ3) is 4.32. The second-order valence-electron chi connectivity index (χ2n) is 5.44. The molecule has 1 fully saturated rings. The number of aliphatic hydroxyl groups is 1. The highest BCUT2D eigenvalue weighted by Gasteiger charge is 2.38. The third-order valence-corrected chi connectivity index (χ3v) is 3.68. The van der Waals surface area contributed by atoms with Gasteiger partial charge in [0, 0.05) is 6.42 Å². The van der Waals surface area contributed by atoms with Crippen LogP contribution < -0.4 is 0 Å². The van der Waals surface area contributed by atoms with Crippen molar-refractivity contribution < 1.29 is 18.3 Å². The van der Waals surface area contributed by atoms with E-state index in [0.717, 1.165) is 12.8 Å². The summed E-state index contributed by atoms with van der Waals surface area (Å²) < 4.78 is 36.4. The van der Waals surface area contributed by atoms with Gasteiger partial charge in [-0.3, -0.25) is 0 Å². The van der Waals surface area contributed by atoms with Crippen molar-refractivity contribution in [1.82, 2.24) is 0 Å². The second-order valence-corrected chi connectivity index (χ2v) is 5.44. The molecule has 1 aliphatic carbocycles. The van der Waals surface area contributed by atoms with Gasteiger partial charge in [-0.15, -0.1) is 0 Å². The standard InChI is InChI=1S/C12H21F3O/c1-9(2)10-4-3-5-11(16,8-10)6-7-12(13,14)15/h9-10,16H,3-8H2,1-2H3. The zero-order chi connectivity index (χ0) is 12.4. The van der Waals surface area contributed by atoms with E-state index in [2.05, 4.69) is 13.8 Å². The van der Waals surface area contributed by atoms with Gasteiger partial charge in [0.25, 0.3) is 0 Å². The lowest BCUT2D eigenvalue weighted by Gasteiger charge is -2.38. The third-order valence-electron chi connectivity index (χ3n) is 3.68. The van der Waals surface area contributed by atoms with Gasteiger partial charge in [-0.25, -0.2) is 0 Å². The molecule has 0 aromatic carbocycles. The molecule has 1 nitrogen and oxygen atoms in total. The van der Waals surface area contributed by atoms with Crippen molar-refractivity contribution in [3.05, 3.63) is 0 Å². The first-order valence-electron chi connectivity index (χ1n) is 6.01. The fourth-order valence-corrected chi connectivity index (χ4v) is 2.56. The van der Waals surface area contributed by atoms with Gasteiger partial charge >= 0.3 is 6.18 Å². The molecule has 0 bridgehead atoms. The fourth-order valence-electron chi connectivity index (χ4n) is 2.56. The van der Waals surface area contributed by atoms with Crippen molar-refractivity contribution in [3.8, 4) is 0 Å². The van der Waals surface area contributed by atoms with E-state index in [0.29, 0.717) is 24.7 Å². The molecule has 0 aliphatic heterocycles. The maximum atomic E-state index is 12.1. The molecule has 0 aromatic rings. The molecule has 4 heteroatoms. The lowest BCUT2D eigenvalue weighted by molar-refractivity contribution is -0.151. The molecule has 0 saturated heterocycles. The number of hydrogen-bond acceptors (Lipinski definition) is 1. The van der Waals surface area contributed by atoms with Gasteiger partial charge in [-0.05, 0) is 37.5 Å². The minimum Gasteiger partial charge on any atom is -0.390 e. The Morgan fingerprint density at radius 1 is 1.38 bits per heavy atom. The lowest BCUT2D eigenvalue weighted by Crippen LogP contribution is -2.37. The van der Waals surface area contributed by atoms with Crippen molar-refractivity contribution in [3.63, 3.8) is 0 Å². The van der Waals surface area contributed by atoms with Crippen molar-refractivity contribution >= 4 is 0 Å². The molecule has 0 aromatic heterocycles. The molecule has 96 valence electrons. The first-order valence-corrected chi connectivity index (χ1v) is 6.01. The molecule has 0 heterocycles. The molecule has 2 atom stereocenters. The Hall–Kier alpha value is -0.250. The van der Waals surface area contributed by atoms with Crippen molar-refractivity contribution in [2.75, 3.05) is 0 Å². The summed E-state index contributed by atoms with van der Waals surface area (Å²) in [6.07, 6.45) is -2.23. The Balaban J connectivity index is 2.49. The second kappa shape index (κ2) is 4.94. The van der Waals surface area contributed by atoms with Gasteiger partial charge in [0.05, 0.1) is 5.60 Å². The molecule has 0 radical (unpaired) electrons. The maximum absolute atomic E-state index is 12.1. The predicted molar refractivity (Wildman–Crippen MR) is 57.0 cm³/mol. The maximum Gasteiger partial charge on any atom is 0.389 e. The minimum absolute atomic E-state index is 0.139. The van der Waals surface area contributed by atoms with Crippen LogP contribution in [0.25, 0.3) is 0 Å². The number of alkyl halides is 3. The van der Waals surface area contributed by atoms with Crippen LogP contribution in [-0.4, -0.2) is 16.9 Å². The largest absolute Gasteiger partial charge is 0.390 e. The van der Waals surface area contributed by atoms with Crippen LogP contribution in [0.3, 0.4) is 0 Å². The molecular formula is C12H21F3O. The Bertz CT molecular complexity index is 225. The van der Waals surface area contributed by atoms with E-state index in [9.17, 15) is 18.3 Å². The molecule has 2 unspecified atom stereocenters. The molecule has 0 spiro atoms. The average molecular weight is 238 g/mol. The minimum atomic E-state index is -4.15. The monoisotopic (exact) mass is 238 g/mol. The SMILES string of the molecule is CC(C)C1CCCC(O)(CCC(F)(F)F)C1. The molecule has 1 rings (SSSR count). The first kappa shape index (κ1) is 13.8. The summed E-state index contributed by atoms with van der Waals surface area (Å²) >= 11 is 0. The van der Waals surface area contributed by atoms with Crippen molar-refractivity contribution in [2.45, 2.75) is 64.1 Å². The summed E-state index contributed by atoms with van der Waals surface area (Å²) in [7, 11) is 0. The quantitative estimate of drug-likeness (QED) is 0.790. The molecule has 1 aliphatic rings. The van der Waals surface area contributed by atoms with Crippen LogP contribution in [0.2, 0.25) is 0 Å². The molecule has 1 N–H and O–H groups in total. The summed E-state index contributed by atoms with van der Waals surface area (Å²) in [6.45, 7) is 4.14. The van der Waals surface area contributed by atoms with Crippen LogP contribution in [-0.2, 0) is 0 Å². The summed E-state index contributed by atoms with van der Waals surface area (Å²) in [5.74, 6) is 0.810. The normalized spacial score (nSPS) is 32.1. The van der Waals surface area contributed by atoms with Gasteiger partial charge in [0.15, 0.2) is 0 Å². The lowest BCUT2D eigenvalue weighted by atomic mass is 9.72. The predicted octanol–water partition coefficient (Wildman–Crippen LogP) is 3.91. The van der Waals surface area contributed by atoms with Crippen LogP contribution >= 0.6 is 0 Å². The van der Waals surface area contributed by atoms with Crippen LogP contribution in [0.5, 0.6) is 0 Å². The van der Waals surface area contributed by atoms with E-state index < -0.39 is 18.2 Å². The zero-order valence-electron chi connectivity index (χ0n) is 9.98. The van der Waals surface area contributed by atoms with E-state index >= 15 is 0 Å². The number of halogens is 3. The summed E-state index contributed by atoms with van der Waals surface area (Å²) in [6, 6.07) is 0. The highest BCUT2D eigenvalue weighted by Crippen LogP contribution is 2.40. The van der Waals surface area contributed by atoms with E-state index in [1.54, 1.807) is 0 Å². The van der Waals surface area contributed by atoms with Gasteiger partial charge < -0.3 is 5.11 Å². The van der Waals surface area contributed by atoms with Crippen LogP contribution in [0.15, 0.2) is 0 Å². The highest BCUT2D eigenvalue weighted by atomic mass is 19.4. The van der Waals surface area contributed by atoms with Gasteiger partial charge in [0.2, 0.25) is 0 Å². The van der Waals surface area contributed by atoms with E-state index in [-0.39, 0.29) is 6.42 Å². The smallest absolute Gasteiger partial charge is 0.389 e. The van der Waals surface area contributed by atoms with Crippen LogP contribution in [0.4, 0.5) is 13.2 Å². The zero-order valence-corrected chi connectivity index (χ0v) is 9.98. The van der Waals surface area contributed by atoms with Crippen LogP contribution in [0.1, 0.15) is 52.4 Å². The molecular weight excluding hydrogens is 217 g/mol. The van der Waals surface area contributed by atoms with E-state index in [1.807, 2.05) is 0 Å². The molecule has 0 amide bonds. The number of rotatable bonds is 3. The summed E-state index contributed by atoms with van der Waals surface area (Å²) in [5.41, 5.74) is -1.08. The fraction of sp³-hybridized carbons (Fsp3) is 1.00. The topological polar surface area (TPSA) is 20.2 Å². The van der Waals surface area contributed by atoms with E-state index in [1.165, 1.54) is 0 Å².